The molecule has 0 saturated heterocycles. The summed E-state index contributed by atoms with van der Waals surface area (Å²) >= 11 is 0. The molecule has 3 rings (SSSR count). The highest BCUT2D eigenvalue weighted by Gasteiger charge is 2.23. The maximum Gasteiger partial charge on any atom is 0.179 e. The molecule has 5 heteroatoms. The highest BCUT2D eigenvalue weighted by Crippen LogP contribution is 2.34. The van der Waals surface area contributed by atoms with Crippen LogP contribution in [0.3, 0.4) is 0 Å². The van der Waals surface area contributed by atoms with Crippen molar-refractivity contribution in [3.63, 3.8) is 0 Å². The van der Waals surface area contributed by atoms with Crippen molar-refractivity contribution >= 4 is 9.84 Å². The van der Waals surface area contributed by atoms with Crippen LogP contribution in [0.4, 0.5) is 0 Å². The van der Waals surface area contributed by atoms with Crippen LogP contribution in [-0.4, -0.2) is 19.6 Å². The molecular formula is C17H16N2O2S. The predicted octanol–water partition coefficient (Wildman–Crippen LogP) is 2.69. The van der Waals surface area contributed by atoms with Crippen LogP contribution in [0.15, 0.2) is 42.5 Å². The second-order valence-electron chi connectivity index (χ2n) is 5.67. The van der Waals surface area contributed by atoms with Crippen LogP contribution in [0.1, 0.15) is 16.7 Å². The third-order valence-electron chi connectivity index (χ3n) is 3.77. The molecule has 0 aliphatic carbocycles. The van der Waals surface area contributed by atoms with Gasteiger partial charge < -0.3 is 4.90 Å². The van der Waals surface area contributed by atoms with Crippen LogP contribution in [0, 0.1) is 11.5 Å². The van der Waals surface area contributed by atoms with Gasteiger partial charge in [-0.05, 0) is 33.9 Å². The van der Waals surface area contributed by atoms with E-state index in [4.69, 9.17) is 5.26 Å². The van der Waals surface area contributed by atoms with Gasteiger partial charge in [0.15, 0.2) is 16.0 Å². The summed E-state index contributed by atoms with van der Waals surface area (Å²) in [5, 5.41) is 9.14. The van der Waals surface area contributed by atoms with Gasteiger partial charge in [0.25, 0.3) is 0 Å². The molecule has 0 unspecified atom stereocenters. The average molecular weight is 312 g/mol. The Balaban J connectivity index is 2.14. The third-order valence-corrected chi connectivity index (χ3v) is 4.63. The Morgan fingerprint density at radius 1 is 1.18 bits per heavy atom. The van der Waals surface area contributed by atoms with E-state index in [1.54, 1.807) is 4.90 Å². The first-order valence-electron chi connectivity index (χ1n) is 6.99. The van der Waals surface area contributed by atoms with E-state index in [1.807, 2.05) is 42.5 Å². The Bertz CT molecular complexity index is 852. The molecule has 1 aliphatic rings. The van der Waals surface area contributed by atoms with E-state index in [2.05, 4.69) is 6.19 Å². The van der Waals surface area contributed by atoms with Crippen LogP contribution in [0.2, 0.25) is 0 Å². The van der Waals surface area contributed by atoms with E-state index in [-0.39, 0.29) is 5.75 Å². The van der Waals surface area contributed by atoms with E-state index in [0.717, 1.165) is 27.8 Å². The summed E-state index contributed by atoms with van der Waals surface area (Å²) in [5.74, 6) is 0.0205. The fraction of sp³-hybridized carbons (Fsp3) is 0.235. The maximum absolute atomic E-state index is 11.6. The normalized spacial score (nSPS) is 13.7. The zero-order chi connectivity index (χ0) is 15.7. The number of rotatable bonds is 3. The van der Waals surface area contributed by atoms with Gasteiger partial charge in [0.1, 0.15) is 0 Å². The fourth-order valence-corrected chi connectivity index (χ4v) is 3.68. The number of nitriles is 1. The summed E-state index contributed by atoms with van der Waals surface area (Å²) in [5.41, 5.74) is 5.01. The Hall–Kier alpha value is -2.32. The van der Waals surface area contributed by atoms with Crippen molar-refractivity contribution in [2.45, 2.75) is 18.8 Å². The first-order valence-corrected chi connectivity index (χ1v) is 9.05. The monoisotopic (exact) mass is 312 g/mol. The smallest absolute Gasteiger partial charge is 0.179 e. The van der Waals surface area contributed by atoms with Crippen molar-refractivity contribution in [1.82, 2.24) is 4.90 Å². The van der Waals surface area contributed by atoms with Crippen LogP contribution >= 0.6 is 0 Å². The molecule has 0 amide bonds. The summed E-state index contributed by atoms with van der Waals surface area (Å²) in [6.07, 6.45) is 3.41. The molecule has 0 radical (unpaired) electrons. The largest absolute Gasteiger partial charge is 0.302 e. The number of benzene rings is 2. The van der Waals surface area contributed by atoms with Crippen molar-refractivity contribution in [3.05, 3.63) is 59.2 Å². The molecule has 4 nitrogen and oxygen atoms in total. The van der Waals surface area contributed by atoms with Crippen LogP contribution in [-0.2, 0) is 28.7 Å². The summed E-state index contributed by atoms with van der Waals surface area (Å²) in [6.45, 7) is 1.12. The highest BCUT2D eigenvalue weighted by atomic mass is 32.2. The van der Waals surface area contributed by atoms with E-state index in [9.17, 15) is 8.42 Å². The minimum absolute atomic E-state index is 0.0205. The van der Waals surface area contributed by atoms with Crippen molar-refractivity contribution in [2.75, 3.05) is 6.26 Å². The molecule has 0 saturated carbocycles. The SMILES string of the molecule is CS(=O)(=O)Cc1cc2c(c(-c3ccccc3)c1)CN(C#N)C2. The number of hydrogen-bond donors (Lipinski definition) is 0. The van der Waals surface area contributed by atoms with Gasteiger partial charge in [-0.2, -0.15) is 5.26 Å². The van der Waals surface area contributed by atoms with Gasteiger partial charge in [0.05, 0.1) is 18.8 Å². The van der Waals surface area contributed by atoms with E-state index in [0.29, 0.717) is 13.1 Å². The first kappa shape index (κ1) is 14.6. The van der Waals surface area contributed by atoms with Gasteiger partial charge in [-0.15, -0.1) is 0 Å². The quantitative estimate of drug-likeness (QED) is 0.818. The zero-order valence-corrected chi connectivity index (χ0v) is 13.1. The lowest BCUT2D eigenvalue weighted by Crippen LogP contribution is -2.07. The Morgan fingerprint density at radius 2 is 1.91 bits per heavy atom. The van der Waals surface area contributed by atoms with E-state index in [1.165, 1.54) is 6.26 Å². The second-order valence-corrected chi connectivity index (χ2v) is 7.81. The second kappa shape index (κ2) is 5.47. The maximum atomic E-state index is 11.6. The van der Waals surface area contributed by atoms with Gasteiger partial charge >= 0.3 is 0 Å². The van der Waals surface area contributed by atoms with Crippen LogP contribution < -0.4 is 0 Å². The third kappa shape index (κ3) is 2.97. The topological polar surface area (TPSA) is 61.2 Å². The van der Waals surface area contributed by atoms with Crippen molar-refractivity contribution in [2.24, 2.45) is 0 Å². The molecule has 112 valence electrons. The molecule has 22 heavy (non-hydrogen) atoms. The fourth-order valence-electron chi connectivity index (χ4n) is 2.91. The minimum Gasteiger partial charge on any atom is -0.302 e. The van der Waals surface area contributed by atoms with E-state index < -0.39 is 9.84 Å². The van der Waals surface area contributed by atoms with Gasteiger partial charge in [-0.1, -0.05) is 36.4 Å². The lowest BCUT2D eigenvalue weighted by atomic mass is 9.95. The van der Waals surface area contributed by atoms with Gasteiger partial charge in [-0.25, -0.2) is 8.42 Å². The van der Waals surface area contributed by atoms with Gasteiger partial charge in [0.2, 0.25) is 0 Å². The van der Waals surface area contributed by atoms with Crippen molar-refractivity contribution in [3.8, 4) is 17.3 Å². The summed E-state index contributed by atoms with van der Waals surface area (Å²) in [7, 11) is -3.09. The van der Waals surface area contributed by atoms with Gasteiger partial charge in [0, 0.05) is 6.26 Å². The Kier molecular flexibility index (Phi) is 3.63. The molecular weight excluding hydrogens is 296 g/mol. The molecule has 0 N–H and O–H groups in total. The first-order chi connectivity index (χ1) is 10.5. The lowest BCUT2D eigenvalue weighted by Gasteiger charge is -2.11. The molecule has 0 spiro atoms. The Morgan fingerprint density at radius 3 is 2.55 bits per heavy atom. The van der Waals surface area contributed by atoms with Crippen molar-refractivity contribution in [1.29, 1.82) is 5.26 Å². The minimum atomic E-state index is -3.09. The number of fused-ring (bicyclic) bond motifs is 1. The van der Waals surface area contributed by atoms with E-state index >= 15 is 0 Å². The standard InChI is InChI=1S/C17H16N2O2S/c1-22(20,21)11-13-7-15-9-19(12-18)10-17(15)16(8-13)14-5-3-2-4-6-14/h2-8H,9-11H2,1H3. The summed E-state index contributed by atoms with van der Waals surface area (Å²) in [6, 6.07) is 13.7. The Labute approximate surface area is 130 Å². The highest BCUT2D eigenvalue weighted by molar-refractivity contribution is 7.89. The lowest BCUT2D eigenvalue weighted by molar-refractivity contribution is 0.417. The number of sulfone groups is 1. The summed E-state index contributed by atoms with van der Waals surface area (Å²) < 4.78 is 23.2. The number of nitrogens with zero attached hydrogens (tertiary/aromatic N) is 2. The summed E-state index contributed by atoms with van der Waals surface area (Å²) in [4.78, 5) is 1.68. The molecule has 0 aromatic heterocycles. The predicted molar refractivity (Wildman–Crippen MR) is 85.3 cm³/mol. The molecule has 2 aromatic rings. The van der Waals surface area contributed by atoms with Crippen molar-refractivity contribution < 1.29 is 8.42 Å². The molecule has 1 heterocycles. The zero-order valence-electron chi connectivity index (χ0n) is 12.3. The molecule has 2 aromatic carbocycles. The van der Waals surface area contributed by atoms with Crippen LogP contribution in [0.25, 0.3) is 11.1 Å². The number of hydrogen-bond acceptors (Lipinski definition) is 4. The molecule has 1 aliphatic heterocycles. The van der Waals surface area contributed by atoms with Crippen LogP contribution in [0.5, 0.6) is 0 Å². The molecule has 0 bridgehead atoms. The average Bonchev–Trinajstić information content (AvgIpc) is 2.88. The van der Waals surface area contributed by atoms with Gasteiger partial charge in [-0.3, -0.25) is 0 Å². The molecule has 0 fully saturated rings. The molecule has 0 atom stereocenters.